The van der Waals surface area contributed by atoms with Crippen molar-refractivity contribution in [2.45, 2.75) is 18.2 Å². The minimum atomic E-state index is -2.90. The van der Waals surface area contributed by atoms with Gasteiger partial charge < -0.3 is 0 Å². The molecule has 0 bridgehead atoms. The zero-order valence-electron chi connectivity index (χ0n) is 9.02. The molecule has 1 aliphatic carbocycles. The smallest absolute Gasteiger partial charge is 0.167 e. The lowest BCUT2D eigenvalue weighted by Gasteiger charge is -2.17. The predicted octanol–water partition coefficient (Wildman–Crippen LogP) is 0.745. The Morgan fingerprint density at radius 2 is 1.75 bits per heavy atom. The van der Waals surface area contributed by atoms with Gasteiger partial charge in [0.15, 0.2) is 9.84 Å². The van der Waals surface area contributed by atoms with Gasteiger partial charge in [0.25, 0.3) is 0 Å². The summed E-state index contributed by atoms with van der Waals surface area (Å²) in [4.78, 5) is 0. The van der Waals surface area contributed by atoms with Crippen LogP contribution in [-0.4, -0.2) is 26.1 Å². The monoisotopic (exact) mass is 237 g/mol. The molecule has 0 aromatic heterocycles. The van der Waals surface area contributed by atoms with Crippen LogP contribution in [0.5, 0.6) is 0 Å². The summed E-state index contributed by atoms with van der Waals surface area (Å²) in [5.41, 5.74) is 2.63. The number of benzene rings is 1. The molecule has 1 aromatic rings. The minimum Gasteiger partial charge on any atom is -0.300 e. The molecule has 16 heavy (non-hydrogen) atoms. The van der Waals surface area contributed by atoms with Crippen molar-refractivity contribution in [3.05, 3.63) is 35.4 Å². The van der Waals surface area contributed by atoms with E-state index in [9.17, 15) is 8.42 Å². The van der Waals surface area contributed by atoms with Crippen LogP contribution in [0, 0.1) is 5.92 Å². The summed E-state index contributed by atoms with van der Waals surface area (Å²) in [6.07, 6.45) is 1.79. The van der Waals surface area contributed by atoms with Crippen molar-refractivity contribution in [1.29, 1.82) is 0 Å². The van der Waals surface area contributed by atoms with E-state index in [2.05, 4.69) is 17.4 Å². The number of hydrogen-bond donors (Lipinski definition) is 1. The fourth-order valence-electron chi connectivity index (χ4n) is 2.86. The van der Waals surface area contributed by atoms with Crippen LogP contribution in [0.3, 0.4) is 0 Å². The molecular weight excluding hydrogens is 222 g/mol. The number of hydrogen-bond acceptors (Lipinski definition) is 3. The molecule has 1 aliphatic heterocycles. The first kappa shape index (κ1) is 10.3. The minimum absolute atomic E-state index is 0.227. The lowest BCUT2D eigenvalue weighted by molar-refractivity contribution is 0.464. The van der Waals surface area contributed by atoms with Crippen LogP contribution >= 0.6 is 0 Å². The van der Waals surface area contributed by atoms with Gasteiger partial charge in [-0.1, -0.05) is 24.3 Å². The molecule has 0 spiro atoms. The van der Waals surface area contributed by atoms with E-state index >= 15 is 0 Å². The summed E-state index contributed by atoms with van der Waals surface area (Å²) in [5.74, 6) is 0.523. The third-order valence-electron chi connectivity index (χ3n) is 3.63. The molecule has 1 heterocycles. The van der Waals surface area contributed by atoms with Gasteiger partial charge >= 0.3 is 0 Å². The lowest BCUT2D eigenvalue weighted by Crippen LogP contribution is -2.35. The zero-order valence-corrected chi connectivity index (χ0v) is 9.83. The molecule has 1 unspecified atom stereocenters. The van der Waals surface area contributed by atoms with E-state index in [-0.39, 0.29) is 11.3 Å². The van der Waals surface area contributed by atoms with Gasteiger partial charge in [0.1, 0.15) is 5.37 Å². The van der Waals surface area contributed by atoms with Gasteiger partial charge in [0, 0.05) is 6.54 Å². The van der Waals surface area contributed by atoms with Crippen LogP contribution in [0.4, 0.5) is 0 Å². The molecule has 3 rings (SSSR count). The van der Waals surface area contributed by atoms with Gasteiger partial charge in [-0.05, 0) is 29.9 Å². The van der Waals surface area contributed by atoms with Crippen LogP contribution in [0.2, 0.25) is 0 Å². The highest BCUT2D eigenvalue weighted by Gasteiger charge is 2.39. The highest BCUT2D eigenvalue weighted by molar-refractivity contribution is 7.92. The molecule has 0 amide bonds. The van der Waals surface area contributed by atoms with Crippen molar-refractivity contribution in [1.82, 2.24) is 5.32 Å². The Hall–Kier alpha value is -0.870. The first-order valence-corrected chi connectivity index (χ1v) is 7.40. The number of nitrogens with one attached hydrogen (secondary N) is 1. The Morgan fingerprint density at radius 1 is 1.12 bits per heavy atom. The third-order valence-corrected chi connectivity index (χ3v) is 5.73. The van der Waals surface area contributed by atoms with E-state index < -0.39 is 9.84 Å². The third kappa shape index (κ3) is 1.57. The summed E-state index contributed by atoms with van der Waals surface area (Å²) in [7, 11) is -2.90. The Kier molecular flexibility index (Phi) is 2.30. The van der Waals surface area contributed by atoms with Gasteiger partial charge in [-0.15, -0.1) is 0 Å². The van der Waals surface area contributed by atoms with Gasteiger partial charge in [0.05, 0.1) is 5.75 Å². The normalized spacial score (nSPS) is 28.1. The Labute approximate surface area is 95.8 Å². The number of sulfone groups is 1. The zero-order chi connectivity index (χ0) is 11.2. The molecule has 1 atom stereocenters. The maximum Gasteiger partial charge on any atom is 0.167 e. The molecule has 1 N–H and O–H groups in total. The van der Waals surface area contributed by atoms with Crippen molar-refractivity contribution in [2.24, 2.45) is 5.92 Å². The highest BCUT2D eigenvalue weighted by Crippen LogP contribution is 2.31. The van der Waals surface area contributed by atoms with E-state index in [0.29, 0.717) is 12.3 Å². The Bertz CT molecular complexity index is 485. The average molecular weight is 237 g/mol. The molecule has 2 aliphatic rings. The van der Waals surface area contributed by atoms with E-state index in [4.69, 9.17) is 0 Å². The fourth-order valence-corrected chi connectivity index (χ4v) is 4.67. The van der Waals surface area contributed by atoms with E-state index in [0.717, 1.165) is 12.8 Å². The highest BCUT2D eigenvalue weighted by atomic mass is 32.2. The van der Waals surface area contributed by atoms with Crippen LogP contribution in [0.25, 0.3) is 0 Å². The topological polar surface area (TPSA) is 46.2 Å². The SMILES string of the molecule is O=S1(=O)CCNC1C1Cc2ccccc2C1. The molecular formula is C12H15NO2S. The molecule has 3 nitrogen and oxygen atoms in total. The molecule has 0 saturated carbocycles. The summed E-state index contributed by atoms with van der Waals surface area (Å²) in [5, 5.41) is 2.82. The van der Waals surface area contributed by atoms with Crippen LogP contribution < -0.4 is 5.32 Å². The van der Waals surface area contributed by atoms with Crippen LogP contribution in [0.1, 0.15) is 11.1 Å². The molecule has 86 valence electrons. The number of rotatable bonds is 1. The lowest BCUT2D eigenvalue weighted by atomic mass is 10.1. The molecule has 1 fully saturated rings. The summed E-state index contributed by atoms with van der Waals surface area (Å²) in [6.45, 7) is 0.611. The van der Waals surface area contributed by atoms with Crippen molar-refractivity contribution >= 4 is 9.84 Å². The van der Waals surface area contributed by atoms with Gasteiger partial charge in [-0.25, -0.2) is 8.42 Å². The second-order valence-electron chi connectivity index (χ2n) is 4.68. The quantitative estimate of drug-likeness (QED) is 0.784. The summed E-state index contributed by atoms with van der Waals surface area (Å²) in [6, 6.07) is 8.27. The largest absolute Gasteiger partial charge is 0.300 e. The van der Waals surface area contributed by atoms with Crippen LogP contribution in [-0.2, 0) is 22.7 Å². The summed E-state index contributed by atoms with van der Waals surface area (Å²) < 4.78 is 23.7. The van der Waals surface area contributed by atoms with E-state index in [1.807, 2.05) is 12.1 Å². The Morgan fingerprint density at radius 3 is 2.25 bits per heavy atom. The summed E-state index contributed by atoms with van der Waals surface area (Å²) >= 11 is 0. The molecule has 4 heteroatoms. The standard InChI is InChI=1S/C12H15NO2S/c14-16(15)6-5-13-12(16)11-7-9-3-1-2-4-10(9)8-11/h1-4,11-13H,5-8H2. The van der Waals surface area contributed by atoms with Crippen molar-refractivity contribution in [3.8, 4) is 0 Å². The van der Waals surface area contributed by atoms with Crippen molar-refractivity contribution < 1.29 is 8.42 Å². The molecule has 0 radical (unpaired) electrons. The predicted molar refractivity (Wildman–Crippen MR) is 62.9 cm³/mol. The first-order chi connectivity index (χ1) is 7.67. The molecule has 1 aromatic carbocycles. The van der Waals surface area contributed by atoms with Gasteiger partial charge in [0.2, 0.25) is 0 Å². The second kappa shape index (κ2) is 3.57. The van der Waals surface area contributed by atoms with E-state index in [1.54, 1.807) is 0 Å². The molecule has 1 saturated heterocycles. The Balaban J connectivity index is 1.87. The maximum absolute atomic E-state index is 11.8. The van der Waals surface area contributed by atoms with Crippen molar-refractivity contribution in [3.63, 3.8) is 0 Å². The van der Waals surface area contributed by atoms with Crippen molar-refractivity contribution in [2.75, 3.05) is 12.3 Å². The first-order valence-electron chi connectivity index (χ1n) is 5.68. The van der Waals surface area contributed by atoms with Crippen LogP contribution in [0.15, 0.2) is 24.3 Å². The fraction of sp³-hybridized carbons (Fsp3) is 0.500. The maximum atomic E-state index is 11.8. The average Bonchev–Trinajstić information content (AvgIpc) is 2.79. The van der Waals surface area contributed by atoms with Gasteiger partial charge in [-0.2, -0.15) is 0 Å². The van der Waals surface area contributed by atoms with E-state index in [1.165, 1.54) is 11.1 Å². The van der Waals surface area contributed by atoms with Gasteiger partial charge in [-0.3, -0.25) is 5.32 Å². The number of fused-ring (bicyclic) bond motifs is 1. The second-order valence-corrected chi connectivity index (χ2v) is 6.92.